The number of hydrogen-bond donors (Lipinski definition) is 2. The zero-order valence-corrected chi connectivity index (χ0v) is 16.4. The third kappa shape index (κ3) is 6.74. The van der Waals surface area contributed by atoms with Crippen LogP contribution in [0.15, 0.2) is 91.0 Å². The molecule has 3 rings (SSSR count). The summed E-state index contributed by atoms with van der Waals surface area (Å²) in [5, 5.41) is 5.95. The Hall–Kier alpha value is -3.73. The summed E-state index contributed by atoms with van der Waals surface area (Å²) in [7, 11) is 0. The Morgan fingerprint density at radius 3 is 2.07 bits per heavy atom. The van der Waals surface area contributed by atoms with E-state index >= 15 is 0 Å². The van der Waals surface area contributed by atoms with Crippen molar-refractivity contribution in [3.8, 4) is 17.2 Å². The number of hydrogen-bond acceptors (Lipinski definition) is 4. The summed E-state index contributed by atoms with van der Waals surface area (Å²) in [5.41, 5.74) is 2.51. The molecule has 0 aliphatic rings. The van der Waals surface area contributed by atoms with E-state index in [0.29, 0.717) is 18.0 Å². The Morgan fingerprint density at radius 2 is 1.41 bits per heavy atom. The minimum Gasteiger partial charge on any atom is -0.489 e. The lowest BCUT2D eigenvalue weighted by Crippen LogP contribution is -2.21. The second-order valence-electron chi connectivity index (χ2n) is 6.61. The molecule has 0 atom stereocenters. The Morgan fingerprint density at radius 1 is 0.828 bits per heavy atom. The maximum absolute atomic E-state index is 12.2. The Balaban J connectivity index is 1.45. The van der Waals surface area contributed by atoms with Crippen LogP contribution in [0.5, 0.6) is 17.2 Å². The molecule has 0 saturated heterocycles. The fourth-order valence-corrected chi connectivity index (χ4v) is 2.49. The number of nitrogens with one attached hydrogen (secondary N) is 2. The van der Waals surface area contributed by atoms with Gasteiger partial charge >= 0.3 is 0 Å². The second-order valence-corrected chi connectivity index (χ2v) is 6.61. The largest absolute Gasteiger partial charge is 0.489 e. The fraction of sp³-hybridized carbons (Fsp3) is 0.125. The summed E-state index contributed by atoms with van der Waals surface area (Å²) < 4.78 is 11.3. The zero-order valence-electron chi connectivity index (χ0n) is 16.4. The van der Waals surface area contributed by atoms with Crippen molar-refractivity contribution >= 4 is 17.3 Å². The SMILES string of the molecule is C=C(C)COc1ccc(NCC(=O)Nc2ccc(Oc3ccccc3)cc2)cc1. The molecule has 0 radical (unpaired) electrons. The molecule has 2 N–H and O–H groups in total. The number of benzene rings is 3. The highest BCUT2D eigenvalue weighted by Gasteiger charge is 2.04. The van der Waals surface area contributed by atoms with Gasteiger partial charge in [0.15, 0.2) is 0 Å². The van der Waals surface area contributed by atoms with E-state index in [2.05, 4.69) is 17.2 Å². The van der Waals surface area contributed by atoms with Gasteiger partial charge in [0.25, 0.3) is 0 Å². The molecule has 0 aliphatic carbocycles. The molecule has 5 heteroatoms. The molecule has 1 amide bonds. The van der Waals surface area contributed by atoms with Crippen LogP contribution in [0, 0.1) is 0 Å². The number of rotatable bonds is 9. The van der Waals surface area contributed by atoms with Gasteiger partial charge in [0.2, 0.25) is 5.91 Å². The molecule has 0 aliphatic heterocycles. The van der Waals surface area contributed by atoms with E-state index in [1.807, 2.05) is 85.8 Å². The summed E-state index contributed by atoms with van der Waals surface area (Å²) >= 11 is 0. The molecule has 0 heterocycles. The molecule has 0 bridgehead atoms. The van der Waals surface area contributed by atoms with Crippen molar-refractivity contribution in [2.75, 3.05) is 23.8 Å². The van der Waals surface area contributed by atoms with Crippen molar-refractivity contribution in [2.24, 2.45) is 0 Å². The molecular weight excluding hydrogens is 364 g/mol. The van der Waals surface area contributed by atoms with E-state index in [4.69, 9.17) is 9.47 Å². The van der Waals surface area contributed by atoms with E-state index in [0.717, 1.165) is 22.8 Å². The van der Waals surface area contributed by atoms with Crippen LogP contribution in [0.4, 0.5) is 11.4 Å². The molecule has 0 spiro atoms. The lowest BCUT2D eigenvalue weighted by Gasteiger charge is -2.10. The predicted molar refractivity (Wildman–Crippen MR) is 117 cm³/mol. The van der Waals surface area contributed by atoms with Crippen LogP contribution in [-0.4, -0.2) is 19.1 Å². The quantitative estimate of drug-likeness (QED) is 0.476. The highest BCUT2D eigenvalue weighted by molar-refractivity contribution is 5.93. The molecule has 5 nitrogen and oxygen atoms in total. The highest BCUT2D eigenvalue weighted by atomic mass is 16.5. The number of amides is 1. The third-order valence-electron chi connectivity index (χ3n) is 3.91. The van der Waals surface area contributed by atoms with Crippen molar-refractivity contribution in [3.63, 3.8) is 0 Å². The normalized spacial score (nSPS) is 10.1. The Labute approximate surface area is 171 Å². The predicted octanol–water partition coefficient (Wildman–Crippen LogP) is 5.48. The maximum Gasteiger partial charge on any atom is 0.243 e. The lowest BCUT2D eigenvalue weighted by atomic mass is 10.3. The van der Waals surface area contributed by atoms with Gasteiger partial charge in [-0.15, -0.1) is 0 Å². The summed E-state index contributed by atoms with van der Waals surface area (Å²) in [6, 6.07) is 24.3. The van der Waals surface area contributed by atoms with Crippen molar-refractivity contribution in [1.82, 2.24) is 0 Å². The fourth-order valence-electron chi connectivity index (χ4n) is 2.49. The topological polar surface area (TPSA) is 59.6 Å². The molecule has 148 valence electrons. The highest BCUT2D eigenvalue weighted by Crippen LogP contribution is 2.22. The summed E-state index contributed by atoms with van der Waals surface area (Å²) in [4.78, 5) is 12.2. The summed E-state index contributed by atoms with van der Waals surface area (Å²) in [6.45, 7) is 6.37. The molecule has 0 aromatic heterocycles. The molecule has 3 aromatic carbocycles. The third-order valence-corrected chi connectivity index (χ3v) is 3.91. The van der Waals surface area contributed by atoms with Crippen LogP contribution in [-0.2, 0) is 4.79 Å². The van der Waals surface area contributed by atoms with Gasteiger partial charge in [-0.3, -0.25) is 4.79 Å². The van der Waals surface area contributed by atoms with E-state index in [9.17, 15) is 4.79 Å². The van der Waals surface area contributed by atoms with Crippen molar-refractivity contribution in [2.45, 2.75) is 6.92 Å². The number of anilines is 2. The van der Waals surface area contributed by atoms with Crippen LogP contribution in [0.2, 0.25) is 0 Å². The minimum absolute atomic E-state index is 0.135. The first kappa shape index (κ1) is 20.0. The van der Waals surface area contributed by atoms with Crippen LogP contribution < -0.4 is 20.1 Å². The van der Waals surface area contributed by atoms with Crippen LogP contribution in [0.1, 0.15) is 6.92 Å². The molecule has 0 fully saturated rings. The van der Waals surface area contributed by atoms with Gasteiger partial charge in [0.1, 0.15) is 23.9 Å². The van der Waals surface area contributed by atoms with E-state index < -0.39 is 0 Å². The molecule has 0 unspecified atom stereocenters. The average molecular weight is 388 g/mol. The summed E-state index contributed by atoms with van der Waals surface area (Å²) in [6.07, 6.45) is 0. The average Bonchev–Trinajstić information content (AvgIpc) is 2.74. The molecule has 29 heavy (non-hydrogen) atoms. The second kappa shape index (κ2) is 9.99. The zero-order chi connectivity index (χ0) is 20.5. The molecule has 0 saturated carbocycles. The van der Waals surface area contributed by atoms with Crippen LogP contribution >= 0.6 is 0 Å². The molecule has 3 aromatic rings. The van der Waals surface area contributed by atoms with Crippen molar-refractivity contribution < 1.29 is 14.3 Å². The standard InChI is InChI=1S/C24H24N2O3/c1-18(2)17-28-21-12-8-19(9-13-21)25-16-24(27)26-20-10-14-23(15-11-20)29-22-6-4-3-5-7-22/h3-15,25H,1,16-17H2,2H3,(H,26,27). The van der Waals surface area contributed by atoms with Crippen molar-refractivity contribution in [3.05, 3.63) is 91.0 Å². The van der Waals surface area contributed by atoms with Crippen LogP contribution in [0.3, 0.4) is 0 Å². The smallest absolute Gasteiger partial charge is 0.243 e. The van der Waals surface area contributed by atoms with E-state index in [1.165, 1.54) is 0 Å². The first-order chi connectivity index (χ1) is 14.1. The minimum atomic E-state index is -0.135. The van der Waals surface area contributed by atoms with E-state index in [-0.39, 0.29) is 12.5 Å². The number of carbonyl (C=O) groups excluding carboxylic acids is 1. The number of para-hydroxylation sites is 1. The Bertz CT molecular complexity index is 936. The molecular formula is C24H24N2O3. The monoisotopic (exact) mass is 388 g/mol. The van der Waals surface area contributed by atoms with E-state index in [1.54, 1.807) is 0 Å². The van der Waals surface area contributed by atoms with Gasteiger partial charge in [0.05, 0.1) is 6.54 Å². The van der Waals surface area contributed by atoms with Gasteiger partial charge in [-0.25, -0.2) is 0 Å². The van der Waals surface area contributed by atoms with Gasteiger partial charge in [-0.2, -0.15) is 0 Å². The van der Waals surface area contributed by atoms with Gasteiger partial charge < -0.3 is 20.1 Å². The number of ether oxygens (including phenoxy) is 2. The van der Waals surface area contributed by atoms with Gasteiger partial charge in [0, 0.05) is 11.4 Å². The van der Waals surface area contributed by atoms with Gasteiger partial charge in [-0.1, -0.05) is 24.8 Å². The lowest BCUT2D eigenvalue weighted by molar-refractivity contribution is -0.114. The Kier molecular flexibility index (Phi) is 6.90. The van der Waals surface area contributed by atoms with Crippen LogP contribution in [0.25, 0.3) is 0 Å². The van der Waals surface area contributed by atoms with Gasteiger partial charge in [-0.05, 0) is 73.2 Å². The van der Waals surface area contributed by atoms with Crippen molar-refractivity contribution in [1.29, 1.82) is 0 Å². The number of carbonyl (C=O) groups is 1. The first-order valence-electron chi connectivity index (χ1n) is 9.32. The maximum atomic E-state index is 12.2. The summed E-state index contributed by atoms with van der Waals surface area (Å²) in [5.74, 6) is 2.11. The first-order valence-corrected chi connectivity index (χ1v) is 9.32.